The van der Waals surface area contributed by atoms with E-state index in [1.807, 2.05) is 35.8 Å². The molecule has 1 amide bonds. The zero-order valence-electron chi connectivity index (χ0n) is 10.2. The van der Waals surface area contributed by atoms with Crippen LogP contribution in [0.1, 0.15) is 21.0 Å². The molecule has 0 aliphatic carbocycles. The maximum atomic E-state index is 12.2. The van der Waals surface area contributed by atoms with Gasteiger partial charge in [0, 0.05) is 18.8 Å². The van der Waals surface area contributed by atoms with Crippen LogP contribution in [0.2, 0.25) is 0 Å². The molecule has 18 heavy (non-hydrogen) atoms. The summed E-state index contributed by atoms with van der Waals surface area (Å²) in [6, 6.07) is 4.00. The summed E-state index contributed by atoms with van der Waals surface area (Å²) in [5.74, 6) is 7.66. The van der Waals surface area contributed by atoms with Crippen LogP contribution in [0.3, 0.4) is 0 Å². The van der Waals surface area contributed by atoms with E-state index in [1.54, 1.807) is 0 Å². The van der Waals surface area contributed by atoms with Gasteiger partial charge in [0.2, 0.25) is 0 Å². The lowest BCUT2D eigenvalue weighted by atomic mass is 10.2. The van der Waals surface area contributed by atoms with E-state index in [9.17, 15) is 4.79 Å². The van der Waals surface area contributed by atoms with Crippen LogP contribution in [-0.2, 0) is 0 Å². The van der Waals surface area contributed by atoms with E-state index in [0.717, 1.165) is 27.7 Å². The molecule has 1 aromatic heterocycles. The topological polar surface area (TPSA) is 40.5 Å². The summed E-state index contributed by atoms with van der Waals surface area (Å²) in [6.07, 6.45) is 1.08. The van der Waals surface area contributed by atoms with Crippen molar-refractivity contribution in [1.82, 2.24) is 4.90 Å². The van der Waals surface area contributed by atoms with Crippen molar-refractivity contribution in [3.63, 3.8) is 0 Å². The lowest BCUT2D eigenvalue weighted by Crippen LogP contribution is -2.36. The summed E-state index contributed by atoms with van der Waals surface area (Å²) < 4.78 is 0. The van der Waals surface area contributed by atoms with E-state index in [4.69, 9.17) is 5.11 Å². The van der Waals surface area contributed by atoms with Crippen LogP contribution >= 0.6 is 23.1 Å². The molecule has 1 N–H and O–H groups in total. The molecule has 0 spiro atoms. The third-order valence-corrected chi connectivity index (χ3v) is 5.01. The van der Waals surface area contributed by atoms with Crippen molar-refractivity contribution in [2.45, 2.75) is 12.5 Å². The molecule has 0 saturated carbocycles. The van der Waals surface area contributed by atoms with E-state index in [-0.39, 0.29) is 12.5 Å². The number of aliphatic hydroxyl groups excluding tert-OH is 1. The van der Waals surface area contributed by atoms with E-state index >= 15 is 0 Å². The molecule has 1 aromatic rings. The number of thioether (sulfide) groups is 1. The van der Waals surface area contributed by atoms with E-state index < -0.39 is 0 Å². The van der Waals surface area contributed by atoms with Gasteiger partial charge in [-0.25, -0.2) is 0 Å². The Morgan fingerprint density at radius 3 is 3.11 bits per heavy atom. The molecule has 0 aromatic carbocycles. The summed E-state index contributed by atoms with van der Waals surface area (Å²) >= 11 is 3.28. The predicted molar refractivity (Wildman–Crippen MR) is 76.1 cm³/mol. The lowest BCUT2D eigenvalue weighted by molar-refractivity contribution is 0.0753. The van der Waals surface area contributed by atoms with Crippen LogP contribution in [0, 0.1) is 11.8 Å². The Bertz CT molecular complexity index is 481. The minimum atomic E-state index is -0.152. The highest BCUT2D eigenvalue weighted by atomic mass is 32.2. The second-order valence-electron chi connectivity index (χ2n) is 4.06. The Morgan fingerprint density at radius 2 is 2.44 bits per heavy atom. The number of nitrogens with zero attached hydrogens (tertiary/aromatic N) is 1. The molecular weight excluding hydrogens is 266 g/mol. The zero-order chi connectivity index (χ0) is 13.0. The largest absolute Gasteiger partial charge is 0.384 e. The Hall–Kier alpha value is -0.960. The molecule has 96 valence electrons. The van der Waals surface area contributed by atoms with Gasteiger partial charge in [0.05, 0.1) is 9.75 Å². The van der Waals surface area contributed by atoms with Crippen molar-refractivity contribution >= 4 is 29.0 Å². The van der Waals surface area contributed by atoms with Crippen molar-refractivity contribution in [2.24, 2.45) is 0 Å². The van der Waals surface area contributed by atoms with Gasteiger partial charge in [0.25, 0.3) is 5.91 Å². The molecular formula is C13H15NO2S2. The number of aliphatic hydroxyl groups is 1. The zero-order valence-corrected chi connectivity index (χ0v) is 11.8. The van der Waals surface area contributed by atoms with Crippen LogP contribution in [0.25, 0.3) is 0 Å². The number of carbonyl (C=O) groups is 1. The molecule has 5 heteroatoms. The van der Waals surface area contributed by atoms with E-state index in [2.05, 4.69) is 11.8 Å². The molecule has 1 atom stereocenters. The van der Waals surface area contributed by atoms with Gasteiger partial charge in [-0.3, -0.25) is 4.79 Å². The Morgan fingerprint density at radius 1 is 1.61 bits per heavy atom. The second kappa shape index (κ2) is 6.28. The van der Waals surface area contributed by atoms with Gasteiger partial charge >= 0.3 is 0 Å². The molecule has 0 radical (unpaired) electrons. The van der Waals surface area contributed by atoms with Crippen LogP contribution in [0.15, 0.2) is 12.1 Å². The number of hydrogen-bond donors (Lipinski definition) is 1. The standard InChI is InChI=1S/C13H15NO2S2/c1-14(10-6-8-17-9-10)13(16)12-5-4-11(18-12)3-2-7-15/h4-5,10,15H,6-9H2,1H3. The smallest absolute Gasteiger partial charge is 0.263 e. The second-order valence-corrected chi connectivity index (χ2v) is 6.29. The summed E-state index contributed by atoms with van der Waals surface area (Å²) in [6.45, 7) is -0.152. The van der Waals surface area contributed by atoms with Crippen molar-refractivity contribution in [1.29, 1.82) is 0 Å². The number of rotatable bonds is 2. The minimum Gasteiger partial charge on any atom is -0.384 e. The van der Waals surface area contributed by atoms with Crippen molar-refractivity contribution in [2.75, 3.05) is 25.2 Å². The molecule has 1 fully saturated rings. The summed E-state index contributed by atoms with van der Waals surface area (Å²) in [5, 5.41) is 8.63. The molecule has 1 aliphatic heterocycles. The monoisotopic (exact) mass is 281 g/mol. The Labute approximate surface area is 115 Å². The molecule has 2 rings (SSSR count). The lowest BCUT2D eigenvalue weighted by Gasteiger charge is -2.22. The van der Waals surface area contributed by atoms with Crippen molar-refractivity contribution in [3.8, 4) is 11.8 Å². The number of carbonyl (C=O) groups excluding carboxylic acids is 1. The van der Waals surface area contributed by atoms with E-state index in [0.29, 0.717) is 6.04 Å². The normalized spacial score (nSPS) is 18.2. The fraction of sp³-hybridized carbons (Fsp3) is 0.462. The summed E-state index contributed by atoms with van der Waals surface area (Å²) in [7, 11) is 1.87. The maximum Gasteiger partial charge on any atom is 0.263 e. The fourth-order valence-corrected chi connectivity index (χ4v) is 3.95. The van der Waals surface area contributed by atoms with Crippen molar-refractivity contribution < 1.29 is 9.90 Å². The SMILES string of the molecule is CN(C(=O)c1ccc(C#CCO)s1)C1CCSC1. The fourth-order valence-electron chi connectivity index (χ4n) is 1.81. The highest BCUT2D eigenvalue weighted by Gasteiger charge is 2.25. The van der Waals surface area contributed by atoms with E-state index in [1.165, 1.54) is 11.3 Å². The van der Waals surface area contributed by atoms with Gasteiger partial charge in [-0.15, -0.1) is 11.3 Å². The average Bonchev–Trinajstić information content (AvgIpc) is 3.05. The highest BCUT2D eigenvalue weighted by molar-refractivity contribution is 7.99. The number of thiophene rings is 1. The number of amides is 1. The first-order valence-corrected chi connectivity index (χ1v) is 7.74. The van der Waals surface area contributed by atoms with Crippen molar-refractivity contribution in [3.05, 3.63) is 21.9 Å². The molecule has 1 saturated heterocycles. The van der Waals surface area contributed by atoms with Crippen LogP contribution in [0.4, 0.5) is 0 Å². The maximum absolute atomic E-state index is 12.2. The van der Waals surface area contributed by atoms with Gasteiger partial charge in [0.1, 0.15) is 6.61 Å². The van der Waals surface area contributed by atoms with Gasteiger partial charge in [-0.1, -0.05) is 11.8 Å². The van der Waals surface area contributed by atoms with Crippen LogP contribution in [-0.4, -0.2) is 47.1 Å². The first kappa shape index (κ1) is 13.5. The Balaban J connectivity index is 2.06. The molecule has 0 bridgehead atoms. The summed E-state index contributed by atoms with van der Waals surface area (Å²) in [5.41, 5.74) is 0. The molecule has 2 heterocycles. The van der Waals surface area contributed by atoms with Crippen LogP contribution in [0.5, 0.6) is 0 Å². The summed E-state index contributed by atoms with van der Waals surface area (Å²) in [4.78, 5) is 15.6. The first-order chi connectivity index (χ1) is 8.72. The van der Waals surface area contributed by atoms with Gasteiger partial charge < -0.3 is 10.0 Å². The molecule has 3 nitrogen and oxygen atoms in total. The first-order valence-electron chi connectivity index (χ1n) is 5.77. The minimum absolute atomic E-state index is 0.0737. The number of hydrogen-bond acceptors (Lipinski definition) is 4. The Kier molecular flexibility index (Phi) is 4.70. The predicted octanol–water partition coefficient (Wildman–Crippen LogP) is 1.67. The van der Waals surface area contributed by atoms with Gasteiger partial charge in [-0.05, 0) is 24.3 Å². The molecule has 1 unspecified atom stereocenters. The highest BCUT2D eigenvalue weighted by Crippen LogP contribution is 2.24. The third-order valence-electron chi connectivity index (χ3n) is 2.88. The third kappa shape index (κ3) is 3.08. The van der Waals surface area contributed by atoms with Gasteiger partial charge in [-0.2, -0.15) is 11.8 Å². The average molecular weight is 281 g/mol. The van der Waals surface area contributed by atoms with Crippen LogP contribution < -0.4 is 0 Å². The molecule has 1 aliphatic rings. The quantitative estimate of drug-likeness (QED) is 0.838. The van der Waals surface area contributed by atoms with Gasteiger partial charge in [0.15, 0.2) is 0 Å².